The topological polar surface area (TPSA) is 88.3 Å². The highest BCUT2D eigenvalue weighted by molar-refractivity contribution is 6.21. The first-order chi connectivity index (χ1) is 10.7. The van der Waals surface area contributed by atoms with Crippen molar-refractivity contribution in [2.45, 2.75) is 25.4 Å². The van der Waals surface area contributed by atoms with Gasteiger partial charge in [0, 0.05) is 0 Å². The van der Waals surface area contributed by atoms with E-state index in [9.17, 15) is 9.59 Å². The summed E-state index contributed by atoms with van der Waals surface area (Å²) >= 11 is 0. The second-order valence-corrected chi connectivity index (χ2v) is 5.44. The Morgan fingerprint density at radius 2 is 1.91 bits per heavy atom. The summed E-state index contributed by atoms with van der Waals surface area (Å²) in [5.41, 5.74) is 0.849. The van der Waals surface area contributed by atoms with Crippen molar-refractivity contribution in [1.29, 1.82) is 0 Å². The lowest BCUT2D eigenvalue weighted by Gasteiger charge is -2.10. The van der Waals surface area contributed by atoms with Crippen molar-refractivity contribution in [2.75, 3.05) is 6.54 Å². The molecule has 1 fully saturated rings. The van der Waals surface area contributed by atoms with Gasteiger partial charge in [-0.25, -0.2) is 0 Å². The monoisotopic (exact) mass is 334 g/mol. The van der Waals surface area contributed by atoms with Crippen LogP contribution in [0.15, 0.2) is 28.8 Å². The summed E-state index contributed by atoms with van der Waals surface area (Å²) in [7, 11) is 0. The SMILES string of the molecule is Cl.O=C1c2ccccc2C(=O)N1Cc1noc([C@@H]2CCCN2)n1. The predicted octanol–water partition coefficient (Wildman–Crippen LogP) is 1.71. The Morgan fingerprint density at radius 1 is 1.22 bits per heavy atom. The molecule has 2 aliphatic rings. The molecule has 1 aromatic heterocycles. The molecule has 1 N–H and O–H groups in total. The molecule has 0 saturated carbocycles. The molecule has 2 aliphatic heterocycles. The fourth-order valence-electron chi connectivity index (χ4n) is 2.89. The van der Waals surface area contributed by atoms with Gasteiger partial charge in [0.25, 0.3) is 11.8 Å². The Morgan fingerprint density at radius 3 is 2.52 bits per heavy atom. The second-order valence-electron chi connectivity index (χ2n) is 5.44. The van der Waals surface area contributed by atoms with Crippen LogP contribution in [0.3, 0.4) is 0 Å². The van der Waals surface area contributed by atoms with Gasteiger partial charge in [-0.1, -0.05) is 17.3 Å². The molecule has 7 nitrogen and oxygen atoms in total. The Hall–Kier alpha value is -2.25. The Balaban J connectivity index is 0.00000156. The maximum atomic E-state index is 12.3. The molecule has 0 radical (unpaired) electrons. The minimum atomic E-state index is -0.314. The number of rotatable bonds is 3. The first kappa shape index (κ1) is 15.6. The fourth-order valence-corrected chi connectivity index (χ4v) is 2.89. The average Bonchev–Trinajstić information content (AvgIpc) is 3.25. The van der Waals surface area contributed by atoms with Crippen molar-refractivity contribution in [1.82, 2.24) is 20.4 Å². The van der Waals surface area contributed by atoms with Crippen LogP contribution >= 0.6 is 12.4 Å². The Bertz CT molecular complexity index is 720. The van der Waals surface area contributed by atoms with Gasteiger partial charge in [-0.15, -0.1) is 12.4 Å². The zero-order valence-corrected chi connectivity index (χ0v) is 13.0. The summed E-state index contributed by atoms with van der Waals surface area (Å²) in [6, 6.07) is 6.86. The van der Waals surface area contributed by atoms with Gasteiger partial charge >= 0.3 is 0 Å². The molecule has 1 atom stereocenters. The average molecular weight is 335 g/mol. The van der Waals surface area contributed by atoms with E-state index < -0.39 is 0 Å². The van der Waals surface area contributed by atoms with Gasteiger partial charge in [-0.2, -0.15) is 4.98 Å². The third-order valence-corrected chi connectivity index (χ3v) is 4.02. The molecule has 4 rings (SSSR count). The van der Waals surface area contributed by atoms with E-state index in [1.165, 1.54) is 0 Å². The number of nitrogens with zero attached hydrogens (tertiary/aromatic N) is 3. The van der Waals surface area contributed by atoms with E-state index in [1.54, 1.807) is 24.3 Å². The predicted molar refractivity (Wildman–Crippen MR) is 82.2 cm³/mol. The van der Waals surface area contributed by atoms with Crippen LogP contribution in [-0.2, 0) is 6.54 Å². The molecule has 120 valence electrons. The molecule has 3 heterocycles. The van der Waals surface area contributed by atoms with Crippen molar-refractivity contribution in [3.8, 4) is 0 Å². The highest BCUT2D eigenvalue weighted by atomic mass is 35.5. The second kappa shape index (κ2) is 6.10. The van der Waals surface area contributed by atoms with E-state index in [1.807, 2.05) is 0 Å². The van der Waals surface area contributed by atoms with E-state index in [2.05, 4.69) is 15.5 Å². The molecule has 1 saturated heterocycles. The summed E-state index contributed by atoms with van der Waals surface area (Å²) in [6.07, 6.45) is 2.02. The number of nitrogens with one attached hydrogen (secondary N) is 1. The summed E-state index contributed by atoms with van der Waals surface area (Å²) in [5, 5.41) is 7.15. The third-order valence-electron chi connectivity index (χ3n) is 4.02. The van der Waals surface area contributed by atoms with Crippen molar-refractivity contribution in [3.05, 3.63) is 47.1 Å². The number of hydrogen-bond donors (Lipinski definition) is 1. The number of carbonyl (C=O) groups is 2. The number of aromatic nitrogens is 2. The van der Waals surface area contributed by atoms with Crippen LogP contribution in [-0.4, -0.2) is 33.4 Å². The van der Waals surface area contributed by atoms with E-state index in [-0.39, 0.29) is 36.8 Å². The van der Waals surface area contributed by atoms with Gasteiger partial charge in [-0.05, 0) is 31.5 Å². The number of carbonyl (C=O) groups excluding carboxylic acids is 2. The quantitative estimate of drug-likeness (QED) is 0.860. The third kappa shape index (κ3) is 2.62. The maximum absolute atomic E-state index is 12.3. The lowest BCUT2D eigenvalue weighted by molar-refractivity contribution is 0.0637. The number of halogens is 1. The molecule has 23 heavy (non-hydrogen) atoms. The van der Waals surface area contributed by atoms with Crippen molar-refractivity contribution >= 4 is 24.2 Å². The van der Waals surface area contributed by atoms with Crippen molar-refractivity contribution in [2.24, 2.45) is 0 Å². The molecular weight excluding hydrogens is 320 g/mol. The van der Waals surface area contributed by atoms with Gasteiger partial charge in [0.1, 0.15) is 0 Å². The van der Waals surface area contributed by atoms with E-state index in [0.717, 1.165) is 24.3 Å². The zero-order valence-electron chi connectivity index (χ0n) is 12.2. The number of benzene rings is 1. The van der Waals surface area contributed by atoms with Crippen molar-refractivity contribution in [3.63, 3.8) is 0 Å². The molecule has 0 spiro atoms. The Labute approximate surface area is 138 Å². The Kier molecular flexibility index (Phi) is 4.14. The van der Waals surface area contributed by atoms with E-state index >= 15 is 0 Å². The fraction of sp³-hybridized carbons (Fsp3) is 0.333. The van der Waals surface area contributed by atoms with Crippen LogP contribution in [0.5, 0.6) is 0 Å². The number of hydrogen-bond acceptors (Lipinski definition) is 6. The normalized spacial score (nSPS) is 19.8. The molecular formula is C15H15ClN4O3. The van der Waals surface area contributed by atoms with Crippen LogP contribution in [0.25, 0.3) is 0 Å². The molecule has 0 bridgehead atoms. The van der Waals surface area contributed by atoms with Gasteiger partial charge in [0.2, 0.25) is 5.89 Å². The largest absolute Gasteiger partial charge is 0.338 e. The molecule has 2 amide bonds. The maximum Gasteiger partial charge on any atom is 0.261 e. The smallest absolute Gasteiger partial charge is 0.261 e. The highest BCUT2D eigenvalue weighted by Gasteiger charge is 2.36. The van der Waals surface area contributed by atoms with Gasteiger partial charge in [0.05, 0.1) is 23.7 Å². The van der Waals surface area contributed by atoms with Crippen molar-refractivity contribution < 1.29 is 14.1 Å². The summed E-state index contributed by atoms with van der Waals surface area (Å²) < 4.78 is 5.23. The minimum absolute atomic E-state index is 0. The molecule has 8 heteroatoms. The first-order valence-corrected chi connectivity index (χ1v) is 7.25. The molecule has 2 aromatic rings. The molecule has 0 aliphatic carbocycles. The summed E-state index contributed by atoms with van der Waals surface area (Å²) in [5.74, 6) is 0.235. The molecule has 1 aromatic carbocycles. The summed E-state index contributed by atoms with van der Waals surface area (Å²) in [6.45, 7) is 0.962. The van der Waals surface area contributed by atoms with Gasteiger partial charge in [0.15, 0.2) is 5.82 Å². The lowest BCUT2D eigenvalue weighted by atomic mass is 10.1. The minimum Gasteiger partial charge on any atom is -0.338 e. The highest BCUT2D eigenvalue weighted by Crippen LogP contribution is 2.25. The lowest BCUT2D eigenvalue weighted by Crippen LogP contribution is -2.29. The zero-order chi connectivity index (χ0) is 15.1. The van der Waals surface area contributed by atoms with Crippen LogP contribution in [0.4, 0.5) is 0 Å². The number of amides is 2. The van der Waals surface area contributed by atoms with Gasteiger partial charge < -0.3 is 9.84 Å². The van der Waals surface area contributed by atoms with Crippen LogP contribution in [0, 0.1) is 0 Å². The summed E-state index contributed by atoms with van der Waals surface area (Å²) in [4.78, 5) is 30.0. The number of fused-ring (bicyclic) bond motifs is 1. The molecule has 0 unspecified atom stereocenters. The van der Waals surface area contributed by atoms with Crippen LogP contribution < -0.4 is 5.32 Å². The first-order valence-electron chi connectivity index (χ1n) is 7.25. The van der Waals surface area contributed by atoms with Crippen LogP contribution in [0.1, 0.15) is 51.3 Å². The standard InChI is InChI=1S/C15H14N4O3.ClH/c20-14-9-4-1-2-5-10(9)15(21)19(14)8-12-17-13(22-18-12)11-6-3-7-16-11;/h1-2,4-5,11,16H,3,6-8H2;1H/t11-;/m0./s1. The van der Waals surface area contributed by atoms with Crippen LogP contribution in [0.2, 0.25) is 0 Å². The van der Waals surface area contributed by atoms with Gasteiger partial charge in [-0.3, -0.25) is 14.5 Å². The number of imide groups is 1. The van der Waals surface area contributed by atoms with E-state index in [4.69, 9.17) is 4.52 Å². The van der Waals surface area contributed by atoms with E-state index in [0.29, 0.717) is 22.8 Å².